The average molecular weight is 314 g/mol. The standard InChI is InChI=1S/C13H16ClN3O4/c1-6(2)10(17-13(15)21)11(18)16-8-5-3-4-7(14)9(8)12(19)20/h3-6,10H,1-2H3,(H,16,18)(H,19,20)(H3,15,17,21). The Kier molecular flexibility index (Phi) is 5.54. The third-order valence-corrected chi connectivity index (χ3v) is 3.05. The highest BCUT2D eigenvalue weighted by Gasteiger charge is 2.25. The first-order valence-corrected chi connectivity index (χ1v) is 6.50. The Balaban J connectivity index is 3.04. The molecule has 0 saturated heterocycles. The van der Waals surface area contributed by atoms with Crippen LogP contribution in [0, 0.1) is 5.92 Å². The molecule has 0 fully saturated rings. The third kappa shape index (κ3) is 4.35. The van der Waals surface area contributed by atoms with Gasteiger partial charge in [0.15, 0.2) is 0 Å². The van der Waals surface area contributed by atoms with Crippen LogP contribution >= 0.6 is 11.6 Å². The van der Waals surface area contributed by atoms with Crippen LogP contribution in [0.2, 0.25) is 5.02 Å². The summed E-state index contributed by atoms with van der Waals surface area (Å²) < 4.78 is 0. The highest BCUT2D eigenvalue weighted by molar-refractivity contribution is 6.34. The largest absolute Gasteiger partial charge is 0.478 e. The highest BCUT2D eigenvalue weighted by Crippen LogP contribution is 2.24. The second kappa shape index (κ2) is 6.94. The lowest BCUT2D eigenvalue weighted by atomic mass is 10.0. The van der Waals surface area contributed by atoms with E-state index in [0.29, 0.717) is 0 Å². The molecule has 114 valence electrons. The van der Waals surface area contributed by atoms with E-state index in [4.69, 9.17) is 22.4 Å². The molecule has 0 saturated carbocycles. The summed E-state index contributed by atoms with van der Waals surface area (Å²) in [6, 6.07) is 2.60. The first kappa shape index (κ1) is 16.8. The zero-order valence-corrected chi connectivity index (χ0v) is 12.3. The SMILES string of the molecule is CC(C)C(NC(N)=O)C(=O)Nc1cccc(Cl)c1C(=O)O. The summed E-state index contributed by atoms with van der Waals surface area (Å²) in [6.07, 6.45) is 0. The number of carbonyl (C=O) groups excluding carboxylic acids is 2. The smallest absolute Gasteiger partial charge is 0.339 e. The number of hydrogen-bond acceptors (Lipinski definition) is 3. The van der Waals surface area contributed by atoms with Crippen LogP contribution < -0.4 is 16.4 Å². The molecule has 8 heteroatoms. The number of hydrogen-bond donors (Lipinski definition) is 4. The van der Waals surface area contributed by atoms with Crippen LogP contribution in [0.25, 0.3) is 0 Å². The number of carbonyl (C=O) groups is 3. The zero-order valence-electron chi connectivity index (χ0n) is 11.5. The molecule has 0 aliphatic heterocycles. The zero-order chi connectivity index (χ0) is 16.2. The number of halogens is 1. The monoisotopic (exact) mass is 313 g/mol. The summed E-state index contributed by atoms with van der Waals surface area (Å²) in [4.78, 5) is 34.3. The van der Waals surface area contributed by atoms with Gasteiger partial charge in [-0.1, -0.05) is 31.5 Å². The summed E-state index contributed by atoms with van der Waals surface area (Å²) in [5.74, 6) is -2.07. The molecule has 1 rings (SSSR count). The predicted octanol–water partition coefficient (Wildman–Crippen LogP) is 1.67. The fraction of sp³-hybridized carbons (Fsp3) is 0.308. The molecule has 0 aromatic heterocycles. The molecule has 1 aromatic rings. The van der Waals surface area contributed by atoms with Crippen molar-refractivity contribution in [3.63, 3.8) is 0 Å². The summed E-state index contributed by atoms with van der Waals surface area (Å²) in [5.41, 5.74) is 4.86. The van der Waals surface area contributed by atoms with Crippen molar-refractivity contribution in [1.29, 1.82) is 0 Å². The number of urea groups is 1. The summed E-state index contributed by atoms with van der Waals surface area (Å²) in [5, 5.41) is 13.9. The molecule has 21 heavy (non-hydrogen) atoms. The number of amides is 3. The number of nitrogens with two attached hydrogens (primary N) is 1. The molecule has 0 spiro atoms. The van der Waals surface area contributed by atoms with Crippen molar-refractivity contribution in [2.75, 3.05) is 5.32 Å². The van der Waals surface area contributed by atoms with E-state index in [9.17, 15) is 14.4 Å². The summed E-state index contributed by atoms with van der Waals surface area (Å²) in [6.45, 7) is 3.44. The Morgan fingerprint density at radius 3 is 2.38 bits per heavy atom. The Bertz CT molecular complexity index is 575. The molecule has 1 atom stereocenters. The van der Waals surface area contributed by atoms with Crippen LogP contribution in [0.15, 0.2) is 18.2 Å². The van der Waals surface area contributed by atoms with Crippen molar-refractivity contribution >= 4 is 35.2 Å². The number of carboxylic acid groups (broad SMARTS) is 1. The van der Waals surface area contributed by atoms with Gasteiger partial charge in [-0.25, -0.2) is 9.59 Å². The first-order chi connectivity index (χ1) is 9.73. The van der Waals surface area contributed by atoms with E-state index in [0.717, 1.165) is 0 Å². The van der Waals surface area contributed by atoms with Crippen LogP contribution in [0.5, 0.6) is 0 Å². The lowest BCUT2D eigenvalue weighted by Gasteiger charge is -2.21. The molecule has 7 nitrogen and oxygen atoms in total. The van der Waals surface area contributed by atoms with Crippen molar-refractivity contribution < 1.29 is 19.5 Å². The maximum atomic E-state index is 12.2. The maximum Gasteiger partial charge on any atom is 0.339 e. The Morgan fingerprint density at radius 2 is 1.90 bits per heavy atom. The first-order valence-electron chi connectivity index (χ1n) is 6.12. The number of carboxylic acids is 1. The van der Waals surface area contributed by atoms with Crippen molar-refractivity contribution in [3.05, 3.63) is 28.8 Å². The summed E-state index contributed by atoms with van der Waals surface area (Å²) in [7, 11) is 0. The number of anilines is 1. The van der Waals surface area contributed by atoms with Gasteiger partial charge in [0.2, 0.25) is 5.91 Å². The minimum atomic E-state index is -1.26. The second-order valence-electron chi connectivity index (χ2n) is 4.69. The molecular weight excluding hydrogens is 298 g/mol. The van der Waals surface area contributed by atoms with Gasteiger partial charge in [0.1, 0.15) is 11.6 Å². The lowest BCUT2D eigenvalue weighted by molar-refractivity contribution is -0.118. The van der Waals surface area contributed by atoms with E-state index in [2.05, 4.69) is 10.6 Å². The van der Waals surface area contributed by atoms with Gasteiger partial charge in [0.25, 0.3) is 0 Å². The minimum absolute atomic E-state index is 0.00394. The van der Waals surface area contributed by atoms with E-state index < -0.39 is 23.9 Å². The molecule has 0 radical (unpaired) electrons. The fourth-order valence-corrected chi connectivity index (χ4v) is 2.00. The van der Waals surface area contributed by atoms with Crippen LogP contribution in [-0.2, 0) is 4.79 Å². The van der Waals surface area contributed by atoms with Gasteiger partial charge >= 0.3 is 12.0 Å². The molecule has 0 heterocycles. The third-order valence-electron chi connectivity index (χ3n) is 2.73. The predicted molar refractivity (Wildman–Crippen MR) is 78.4 cm³/mol. The van der Waals surface area contributed by atoms with Gasteiger partial charge in [-0.05, 0) is 18.1 Å². The second-order valence-corrected chi connectivity index (χ2v) is 5.09. The van der Waals surface area contributed by atoms with E-state index >= 15 is 0 Å². The number of rotatable bonds is 5. The van der Waals surface area contributed by atoms with Crippen molar-refractivity contribution in [1.82, 2.24) is 5.32 Å². The number of primary amides is 1. The van der Waals surface area contributed by atoms with Gasteiger partial charge in [0, 0.05) is 0 Å². The molecular formula is C13H16ClN3O4. The average Bonchev–Trinajstić information content (AvgIpc) is 2.34. The van der Waals surface area contributed by atoms with E-state index in [1.54, 1.807) is 13.8 Å². The molecule has 5 N–H and O–H groups in total. The van der Waals surface area contributed by atoms with Gasteiger partial charge in [-0.15, -0.1) is 0 Å². The van der Waals surface area contributed by atoms with Crippen LogP contribution in [0.1, 0.15) is 24.2 Å². The number of aromatic carboxylic acids is 1. The normalized spacial score (nSPS) is 11.8. The van der Waals surface area contributed by atoms with Gasteiger partial charge in [-0.2, -0.15) is 0 Å². The van der Waals surface area contributed by atoms with Crippen LogP contribution in [0.4, 0.5) is 10.5 Å². The van der Waals surface area contributed by atoms with Crippen LogP contribution in [-0.4, -0.2) is 29.1 Å². The van der Waals surface area contributed by atoms with Crippen molar-refractivity contribution in [2.24, 2.45) is 11.7 Å². The highest BCUT2D eigenvalue weighted by atomic mass is 35.5. The summed E-state index contributed by atoms with van der Waals surface area (Å²) >= 11 is 5.81. The number of nitrogens with one attached hydrogen (secondary N) is 2. The molecule has 1 aromatic carbocycles. The lowest BCUT2D eigenvalue weighted by Crippen LogP contribution is -2.49. The van der Waals surface area contributed by atoms with Gasteiger partial charge < -0.3 is 21.5 Å². The fourth-order valence-electron chi connectivity index (χ4n) is 1.74. The number of benzene rings is 1. The topological polar surface area (TPSA) is 122 Å². The quantitative estimate of drug-likeness (QED) is 0.660. The maximum absolute atomic E-state index is 12.2. The van der Waals surface area contributed by atoms with Crippen molar-refractivity contribution in [3.8, 4) is 0 Å². The molecule has 0 aliphatic carbocycles. The van der Waals surface area contributed by atoms with Gasteiger partial charge in [0.05, 0.1) is 10.7 Å². The minimum Gasteiger partial charge on any atom is -0.478 e. The Morgan fingerprint density at radius 1 is 1.29 bits per heavy atom. The van der Waals surface area contributed by atoms with E-state index in [1.165, 1.54) is 18.2 Å². The molecule has 1 unspecified atom stereocenters. The molecule has 0 aliphatic rings. The van der Waals surface area contributed by atoms with E-state index in [-0.39, 0.29) is 22.2 Å². The Labute approximate surface area is 126 Å². The van der Waals surface area contributed by atoms with E-state index in [1.807, 2.05) is 0 Å². The molecule has 0 bridgehead atoms. The van der Waals surface area contributed by atoms with Gasteiger partial charge in [-0.3, -0.25) is 4.79 Å². The Hall–Kier alpha value is -2.28. The van der Waals surface area contributed by atoms with Crippen LogP contribution in [0.3, 0.4) is 0 Å². The molecule has 3 amide bonds. The van der Waals surface area contributed by atoms with Crippen molar-refractivity contribution in [2.45, 2.75) is 19.9 Å².